The Kier molecular flexibility index (Phi) is 7.21. The zero-order valence-electron chi connectivity index (χ0n) is 20.0. The SMILES string of the molecule is CCS(=O)(=O)c1ccc(CC(=O)Nc2cc(Cl)c(C3(c4noc(-c5ccc(Cl)cc5)n4)CC3)c(Cl)c2)cn1. The van der Waals surface area contributed by atoms with Gasteiger partial charge in [0, 0.05) is 38.1 Å². The Balaban J connectivity index is 1.32. The summed E-state index contributed by atoms with van der Waals surface area (Å²) in [6.07, 6.45) is 2.87. The van der Waals surface area contributed by atoms with Gasteiger partial charge in [0.1, 0.15) is 0 Å². The molecule has 1 aliphatic carbocycles. The number of hydrogen-bond donors (Lipinski definition) is 1. The first-order valence-corrected chi connectivity index (χ1v) is 14.5. The topological polar surface area (TPSA) is 115 Å². The first-order valence-electron chi connectivity index (χ1n) is 11.7. The Hall–Kier alpha value is -2.98. The standard InChI is InChI=1S/C26H21Cl3N4O4S/c1-2-38(35,36)22-8-3-15(14-30-22)11-21(34)31-18-12-19(28)23(20(29)13-18)26(9-10-26)25-32-24(37-33-25)16-4-6-17(27)7-5-16/h3-8,12-14H,2,9-11H2,1H3,(H,31,34). The lowest BCUT2D eigenvalue weighted by Gasteiger charge is -2.17. The molecular weight excluding hydrogens is 571 g/mol. The van der Waals surface area contributed by atoms with E-state index in [1.165, 1.54) is 12.3 Å². The third-order valence-electron chi connectivity index (χ3n) is 6.36. The second kappa shape index (κ2) is 10.3. The van der Waals surface area contributed by atoms with Crippen molar-refractivity contribution in [3.63, 3.8) is 0 Å². The fraction of sp³-hybridized carbons (Fsp3) is 0.231. The van der Waals surface area contributed by atoms with Crippen LogP contribution >= 0.6 is 34.8 Å². The van der Waals surface area contributed by atoms with Gasteiger partial charge in [0.15, 0.2) is 20.7 Å². The molecule has 1 saturated carbocycles. The molecule has 8 nitrogen and oxygen atoms in total. The third kappa shape index (κ3) is 5.29. The van der Waals surface area contributed by atoms with Gasteiger partial charge in [-0.15, -0.1) is 0 Å². The summed E-state index contributed by atoms with van der Waals surface area (Å²) in [5.41, 5.74) is 1.85. The van der Waals surface area contributed by atoms with Crippen LogP contribution in [0, 0.1) is 0 Å². The number of pyridine rings is 1. The van der Waals surface area contributed by atoms with E-state index in [0.29, 0.717) is 43.6 Å². The third-order valence-corrected chi connectivity index (χ3v) is 8.85. The molecule has 4 aromatic rings. The molecule has 2 heterocycles. The van der Waals surface area contributed by atoms with Crippen LogP contribution in [0.2, 0.25) is 15.1 Å². The van der Waals surface area contributed by atoms with Crippen LogP contribution in [-0.4, -0.2) is 35.2 Å². The van der Waals surface area contributed by atoms with Gasteiger partial charge >= 0.3 is 0 Å². The van der Waals surface area contributed by atoms with Crippen molar-refractivity contribution in [1.29, 1.82) is 0 Å². The van der Waals surface area contributed by atoms with Crippen LogP contribution in [0.1, 0.15) is 36.7 Å². The molecule has 196 valence electrons. The predicted octanol–water partition coefficient (Wildman–Crippen LogP) is 6.15. The van der Waals surface area contributed by atoms with Crippen molar-refractivity contribution in [3.05, 3.63) is 86.7 Å². The molecule has 0 saturated heterocycles. The number of carbonyl (C=O) groups excluding carboxylic acids is 1. The monoisotopic (exact) mass is 590 g/mol. The van der Waals surface area contributed by atoms with Crippen LogP contribution in [0.25, 0.3) is 11.5 Å². The van der Waals surface area contributed by atoms with E-state index in [9.17, 15) is 13.2 Å². The summed E-state index contributed by atoms with van der Waals surface area (Å²) in [5, 5.41) is 8.32. The van der Waals surface area contributed by atoms with Crippen LogP contribution in [0.15, 0.2) is 64.3 Å². The predicted molar refractivity (Wildman–Crippen MR) is 146 cm³/mol. The zero-order chi connectivity index (χ0) is 27.1. The van der Waals surface area contributed by atoms with Gasteiger partial charge < -0.3 is 9.84 Å². The maximum atomic E-state index is 12.6. The van der Waals surface area contributed by atoms with Crippen molar-refractivity contribution < 1.29 is 17.7 Å². The highest BCUT2D eigenvalue weighted by Gasteiger charge is 2.52. The van der Waals surface area contributed by atoms with Gasteiger partial charge in [0.05, 0.1) is 17.6 Å². The van der Waals surface area contributed by atoms with Gasteiger partial charge in [-0.1, -0.05) is 52.9 Å². The average molecular weight is 592 g/mol. The van der Waals surface area contributed by atoms with Gasteiger partial charge in [0.2, 0.25) is 5.91 Å². The van der Waals surface area contributed by atoms with Crippen LogP contribution < -0.4 is 5.32 Å². The molecule has 1 N–H and O–H groups in total. The number of sulfone groups is 1. The van der Waals surface area contributed by atoms with Crippen molar-refractivity contribution in [3.8, 4) is 11.5 Å². The number of anilines is 1. The molecular formula is C26H21Cl3N4O4S. The Labute approximate surface area is 234 Å². The summed E-state index contributed by atoms with van der Waals surface area (Å²) >= 11 is 19.3. The Morgan fingerprint density at radius 1 is 1.05 bits per heavy atom. The maximum absolute atomic E-state index is 12.6. The highest BCUT2D eigenvalue weighted by atomic mass is 35.5. The molecule has 0 aliphatic heterocycles. The second-order valence-electron chi connectivity index (χ2n) is 8.96. The van der Waals surface area contributed by atoms with Gasteiger partial charge in [-0.25, -0.2) is 13.4 Å². The molecule has 0 spiro atoms. The quantitative estimate of drug-likeness (QED) is 0.261. The van der Waals surface area contributed by atoms with Crippen molar-refractivity contribution >= 4 is 56.2 Å². The highest BCUT2D eigenvalue weighted by molar-refractivity contribution is 7.91. The Morgan fingerprint density at radius 3 is 2.32 bits per heavy atom. The molecule has 0 radical (unpaired) electrons. The molecule has 38 heavy (non-hydrogen) atoms. The second-order valence-corrected chi connectivity index (χ2v) is 12.4. The van der Waals surface area contributed by atoms with Crippen LogP contribution in [0.3, 0.4) is 0 Å². The fourth-order valence-electron chi connectivity index (χ4n) is 4.18. The van der Waals surface area contributed by atoms with Gasteiger partial charge in [-0.2, -0.15) is 4.98 Å². The number of aromatic nitrogens is 3. The number of benzene rings is 2. The van der Waals surface area contributed by atoms with Gasteiger partial charge in [-0.3, -0.25) is 4.79 Å². The first-order chi connectivity index (χ1) is 18.1. The molecule has 2 aromatic carbocycles. The van der Waals surface area contributed by atoms with Crippen LogP contribution in [0.4, 0.5) is 5.69 Å². The minimum atomic E-state index is -3.41. The minimum Gasteiger partial charge on any atom is -0.334 e. The van der Waals surface area contributed by atoms with Crippen molar-refractivity contribution in [2.24, 2.45) is 0 Å². The largest absolute Gasteiger partial charge is 0.334 e. The minimum absolute atomic E-state index is 0.00326. The van der Waals surface area contributed by atoms with E-state index < -0.39 is 15.3 Å². The normalized spacial score (nSPS) is 14.3. The summed E-state index contributed by atoms with van der Waals surface area (Å²) in [5.74, 6) is 0.483. The van der Waals surface area contributed by atoms with Crippen molar-refractivity contribution in [1.82, 2.24) is 15.1 Å². The lowest BCUT2D eigenvalue weighted by atomic mass is 9.94. The molecule has 1 aliphatic rings. The van der Waals surface area contributed by atoms with Crippen molar-refractivity contribution in [2.45, 2.75) is 36.6 Å². The highest BCUT2D eigenvalue weighted by Crippen LogP contribution is 2.57. The Bertz CT molecular complexity index is 1590. The number of nitrogens with one attached hydrogen (secondary N) is 1. The molecule has 1 amide bonds. The van der Waals surface area contributed by atoms with E-state index in [-0.39, 0.29) is 23.1 Å². The number of hydrogen-bond acceptors (Lipinski definition) is 7. The van der Waals surface area contributed by atoms with Gasteiger partial charge in [-0.05, 0) is 60.9 Å². The summed E-state index contributed by atoms with van der Waals surface area (Å²) < 4.78 is 29.3. The molecule has 12 heteroatoms. The number of amides is 1. The first kappa shape index (κ1) is 26.6. The van der Waals surface area contributed by atoms with E-state index in [2.05, 4.69) is 20.4 Å². The van der Waals surface area contributed by atoms with E-state index in [4.69, 9.17) is 39.3 Å². The lowest BCUT2D eigenvalue weighted by Crippen LogP contribution is -2.16. The zero-order valence-corrected chi connectivity index (χ0v) is 23.1. The van der Waals surface area contributed by atoms with E-state index in [0.717, 1.165) is 18.4 Å². The fourth-order valence-corrected chi connectivity index (χ4v) is 5.94. The van der Waals surface area contributed by atoms with Crippen LogP contribution in [-0.2, 0) is 26.5 Å². The van der Waals surface area contributed by atoms with E-state index in [1.807, 2.05) is 0 Å². The van der Waals surface area contributed by atoms with Crippen LogP contribution in [0.5, 0.6) is 0 Å². The van der Waals surface area contributed by atoms with E-state index in [1.54, 1.807) is 49.4 Å². The van der Waals surface area contributed by atoms with E-state index >= 15 is 0 Å². The molecule has 2 aromatic heterocycles. The number of halogens is 3. The summed E-state index contributed by atoms with van der Waals surface area (Å²) in [6, 6.07) is 13.3. The molecule has 5 rings (SSSR count). The molecule has 0 bridgehead atoms. The lowest BCUT2D eigenvalue weighted by molar-refractivity contribution is -0.115. The molecule has 0 unspecified atom stereocenters. The van der Waals surface area contributed by atoms with Gasteiger partial charge in [0.25, 0.3) is 5.89 Å². The van der Waals surface area contributed by atoms with Crippen molar-refractivity contribution in [2.75, 3.05) is 11.1 Å². The summed E-state index contributed by atoms with van der Waals surface area (Å²) in [4.78, 5) is 21.2. The smallest absolute Gasteiger partial charge is 0.257 e. The average Bonchev–Trinajstić information content (AvgIpc) is 3.51. The molecule has 1 fully saturated rings. The number of carbonyl (C=O) groups is 1. The summed E-state index contributed by atoms with van der Waals surface area (Å²) in [6.45, 7) is 1.55. The number of rotatable bonds is 8. The number of nitrogens with zero attached hydrogens (tertiary/aromatic N) is 3. The maximum Gasteiger partial charge on any atom is 0.257 e. The summed E-state index contributed by atoms with van der Waals surface area (Å²) in [7, 11) is -3.41. The molecule has 0 atom stereocenters. The Morgan fingerprint density at radius 2 is 1.74 bits per heavy atom.